The number of aryl methyl sites for hydroxylation is 1. The van der Waals surface area contributed by atoms with Crippen LogP contribution < -0.4 is 10.1 Å². The van der Waals surface area contributed by atoms with Gasteiger partial charge in [-0.25, -0.2) is 4.79 Å². The van der Waals surface area contributed by atoms with Crippen LogP contribution in [-0.4, -0.2) is 44.8 Å². The van der Waals surface area contributed by atoms with E-state index < -0.39 is 12.1 Å². The number of carbonyl (C=O) groups excluding carboxylic acids is 2. The molecule has 0 saturated heterocycles. The molecule has 0 saturated carbocycles. The fraction of sp³-hybridized carbons (Fsp3) is 0.500. The van der Waals surface area contributed by atoms with E-state index in [0.29, 0.717) is 18.9 Å². The fourth-order valence-electron chi connectivity index (χ4n) is 1.72. The lowest BCUT2D eigenvalue weighted by Gasteiger charge is -2.14. The van der Waals surface area contributed by atoms with E-state index in [0.717, 1.165) is 11.1 Å². The van der Waals surface area contributed by atoms with Gasteiger partial charge in [0.2, 0.25) is 0 Å². The SMILES string of the molecule is COCCNC(=O)[C@@H](C)OC(=O)COc1cccc(C)c1C. The second-order valence-corrected chi connectivity index (χ2v) is 4.90. The van der Waals surface area contributed by atoms with Gasteiger partial charge in [0, 0.05) is 13.7 Å². The minimum absolute atomic E-state index is 0.236. The normalized spacial score (nSPS) is 11.6. The van der Waals surface area contributed by atoms with Crippen molar-refractivity contribution in [3.05, 3.63) is 29.3 Å². The minimum Gasteiger partial charge on any atom is -0.482 e. The molecule has 1 aromatic carbocycles. The Morgan fingerprint density at radius 2 is 2.00 bits per heavy atom. The number of esters is 1. The molecule has 0 spiro atoms. The van der Waals surface area contributed by atoms with Crippen molar-refractivity contribution in [2.45, 2.75) is 26.9 Å². The lowest BCUT2D eigenvalue weighted by Crippen LogP contribution is -2.38. The van der Waals surface area contributed by atoms with Crippen LogP contribution in [0.3, 0.4) is 0 Å². The molecule has 0 fully saturated rings. The van der Waals surface area contributed by atoms with Gasteiger partial charge in [0.15, 0.2) is 12.7 Å². The third-order valence-corrected chi connectivity index (χ3v) is 3.18. The maximum Gasteiger partial charge on any atom is 0.344 e. The standard InChI is InChI=1S/C16H23NO5/c1-11-6-5-7-14(12(11)2)21-10-15(18)22-13(3)16(19)17-8-9-20-4/h5-7,13H,8-10H2,1-4H3,(H,17,19)/t13-/m1/s1. The Labute approximate surface area is 130 Å². The molecule has 1 rings (SSSR count). The van der Waals surface area contributed by atoms with Crippen LogP contribution in [0.4, 0.5) is 0 Å². The molecule has 0 bridgehead atoms. The van der Waals surface area contributed by atoms with Crippen LogP contribution in [-0.2, 0) is 19.1 Å². The summed E-state index contributed by atoms with van der Waals surface area (Å²) >= 11 is 0. The van der Waals surface area contributed by atoms with Crippen LogP contribution in [0.25, 0.3) is 0 Å². The summed E-state index contributed by atoms with van der Waals surface area (Å²) in [7, 11) is 1.54. The summed E-state index contributed by atoms with van der Waals surface area (Å²) in [6.45, 7) is 5.94. The van der Waals surface area contributed by atoms with Crippen molar-refractivity contribution in [1.29, 1.82) is 0 Å². The first-order valence-corrected chi connectivity index (χ1v) is 7.10. The number of ether oxygens (including phenoxy) is 3. The zero-order valence-corrected chi connectivity index (χ0v) is 13.5. The Morgan fingerprint density at radius 1 is 1.27 bits per heavy atom. The molecule has 0 radical (unpaired) electrons. The number of hydrogen-bond donors (Lipinski definition) is 1. The summed E-state index contributed by atoms with van der Waals surface area (Å²) in [5, 5.41) is 2.60. The topological polar surface area (TPSA) is 73.9 Å². The lowest BCUT2D eigenvalue weighted by molar-refractivity contribution is -0.156. The molecular weight excluding hydrogens is 286 g/mol. The molecule has 6 nitrogen and oxygen atoms in total. The number of benzene rings is 1. The number of amides is 1. The highest BCUT2D eigenvalue weighted by Crippen LogP contribution is 2.20. The van der Waals surface area contributed by atoms with Gasteiger partial charge in [0.1, 0.15) is 5.75 Å². The van der Waals surface area contributed by atoms with Gasteiger partial charge >= 0.3 is 5.97 Å². The van der Waals surface area contributed by atoms with Crippen molar-refractivity contribution in [3.63, 3.8) is 0 Å². The smallest absolute Gasteiger partial charge is 0.344 e. The highest BCUT2D eigenvalue weighted by Gasteiger charge is 2.17. The van der Waals surface area contributed by atoms with Crippen molar-refractivity contribution in [3.8, 4) is 5.75 Å². The first kappa shape index (κ1) is 18.0. The first-order valence-electron chi connectivity index (χ1n) is 7.10. The van der Waals surface area contributed by atoms with Gasteiger partial charge < -0.3 is 19.5 Å². The van der Waals surface area contributed by atoms with Gasteiger partial charge in [-0.2, -0.15) is 0 Å². The van der Waals surface area contributed by atoms with Crippen molar-refractivity contribution in [2.24, 2.45) is 0 Å². The van der Waals surface area contributed by atoms with Gasteiger partial charge in [-0.15, -0.1) is 0 Å². The number of nitrogens with one attached hydrogen (secondary N) is 1. The molecule has 1 atom stereocenters. The zero-order valence-electron chi connectivity index (χ0n) is 13.5. The number of rotatable bonds is 8. The predicted octanol–water partition coefficient (Wildman–Crippen LogP) is 1.38. The molecule has 0 heterocycles. The van der Waals surface area contributed by atoms with Crippen molar-refractivity contribution in [1.82, 2.24) is 5.32 Å². The molecule has 0 aliphatic rings. The monoisotopic (exact) mass is 309 g/mol. The Kier molecular flexibility index (Phi) is 7.39. The minimum atomic E-state index is -0.869. The summed E-state index contributed by atoms with van der Waals surface area (Å²) < 4.78 is 15.3. The third kappa shape index (κ3) is 5.73. The number of hydrogen-bond acceptors (Lipinski definition) is 5. The molecule has 0 unspecified atom stereocenters. The highest BCUT2D eigenvalue weighted by atomic mass is 16.6. The molecule has 122 valence electrons. The Hall–Kier alpha value is -2.08. The van der Waals surface area contributed by atoms with Crippen LogP contribution in [0.1, 0.15) is 18.1 Å². The summed E-state index contributed by atoms with van der Waals surface area (Å²) in [4.78, 5) is 23.3. The van der Waals surface area contributed by atoms with Crippen molar-refractivity contribution in [2.75, 3.05) is 26.9 Å². The molecule has 22 heavy (non-hydrogen) atoms. The first-order chi connectivity index (χ1) is 10.5. The van der Waals surface area contributed by atoms with E-state index in [4.69, 9.17) is 14.2 Å². The summed E-state index contributed by atoms with van der Waals surface area (Å²) in [5.41, 5.74) is 2.05. The van der Waals surface area contributed by atoms with Crippen molar-refractivity contribution >= 4 is 11.9 Å². The Bertz CT molecular complexity index is 515. The highest BCUT2D eigenvalue weighted by molar-refractivity contribution is 5.83. The molecule has 1 N–H and O–H groups in total. The van der Waals surface area contributed by atoms with Crippen LogP contribution in [0.15, 0.2) is 18.2 Å². The molecule has 0 aliphatic carbocycles. The van der Waals surface area contributed by atoms with Crippen LogP contribution in [0.2, 0.25) is 0 Å². The van der Waals surface area contributed by atoms with E-state index in [9.17, 15) is 9.59 Å². The van der Waals surface area contributed by atoms with E-state index in [2.05, 4.69) is 5.32 Å². The lowest BCUT2D eigenvalue weighted by atomic mass is 10.1. The Balaban J connectivity index is 2.39. The molecule has 6 heteroatoms. The molecule has 1 amide bonds. The number of carbonyl (C=O) groups is 2. The van der Waals surface area contributed by atoms with Gasteiger partial charge in [-0.05, 0) is 38.0 Å². The van der Waals surface area contributed by atoms with E-state index >= 15 is 0 Å². The quantitative estimate of drug-likeness (QED) is 0.580. The van der Waals surface area contributed by atoms with Gasteiger partial charge in [-0.3, -0.25) is 4.79 Å². The summed E-state index contributed by atoms with van der Waals surface area (Å²) in [6.07, 6.45) is -0.869. The average Bonchev–Trinajstić information content (AvgIpc) is 2.48. The average molecular weight is 309 g/mol. The van der Waals surface area contributed by atoms with E-state index in [1.54, 1.807) is 13.2 Å². The number of methoxy groups -OCH3 is 1. The van der Waals surface area contributed by atoms with Crippen molar-refractivity contribution < 1.29 is 23.8 Å². The molecule has 0 aliphatic heterocycles. The summed E-state index contributed by atoms with van der Waals surface area (Å²) in [5.74, 6) is -0.318. The van der Waals surface area contributed by atoms with Gasteiger partial charge in [0.05, 0.1) is 6.61 Å². The second kappa shape index (κ2) is 9.04. The van der Waals surface area contributed by atoms with Crippen LogP contribution >= 0.6 is 0 Å². The second-order valence-electron chi connectivity index (χ2n) is 4.90. The summed E-state index contributed by atoms with van der Waals surface area (Å²) in [6, 6.07) is 5.61. The predicted molar refractivity (Wildman–Crippen MR) is 81.9 cm³/mol. The molecular formula is C16H23NO5. The molecule has 1 aromatic rings. The molecule has 0 aromatic heterocycles. The largest absolute Gasteiger partial charge is 0.482 e. The van der Waals surface area contributed by atoms with Gasteiger partial charge in [0.25, 0.3) is 5.91 Å². The maximum atomic E-state index is 11.7. The van der Waals surface area contributed by atoms with E-state index in [1.807, 2.05) is 26.0 Å². The zero-order chi connectivity index (χ0) is 16.5. The third-order valence-electron chi connectivity index (χ3n) is 3.18. The Morgan fingerprint density at radius 3 is 2.68 bits per heavy atom. The van der Waals surface area contributed by atoms with E-state index in [1.165, 1.54) is 6.92 Å². The maximum absolute atomic E-state index is 11.7. The van der Waals surface area contributed by atoms with Crippen LogP contribution in [0, 0.1) is 13.8 Å². The van der Waals surface area contributed by atoms with Gasteiger partial charge in [-0.1, -0.05) is 12.1 Å². The van der Waals surface area contributed by atoms with Crippen LogP contribution in [0.5, 0.6) is 5.75 Å². The van der Waals surface area contributed by atoms with E-state index in [-0.39, 0.29) is 12.5 Å². The fourth-order valence-corrected chi connectivity index (χ4v) is 1.72.